The molecule has 4 fully saturated rings. The quantitative estimate of drug-likeness (QED) is 0.826. The third-order valence-corrected chi connectivity index (χ3v) is 7.07. The summed E-state index contributed by atoms with van der Waals surface area (Å²) < 4.78 is 50.5. The molecule has 26 heavy (non-hydrogen) atoms. The molecular weight excluding hydrogens is 342 g/mol. The van der Waals surface area contributed by atoms with Crippen molar-refractivity contribution in [1.82, 2.24) is 0 Å². The molecule has 1 unspecified atom stereocenters. The van der Waals surface area contributed by atoms with Crippen LogP contribution in [0.1, 0.15) is 44.7 Å². The fourth-order valence-electron chi connectivity index (χ4n) is 5.28. The summed E-state index contributed by atoms with van der Waals surface area (Å²) in [7, 11) is -0.512. The lowest BCUT2D eigenvalue weighted by atomic mass is 9.43. The molecule has 1 heterocycles. The highest BCUT2D eigenvalue weighted by Crippen LogP contribution is 2.65. The molecule has 3 aliphatic carbocycles. The number of halogens is 3. The van der Waals surface area contributed by atoms with Crippen molar-refractivity contribution in [2.45, 2.75) is 63.9 Å². The van der Waals surface area contributed by atoms with Gasteiger partial charge in [-0.1, -0.05) is 26.0 Å². The summed E-state index contributed by atoms with van der Waals surface area (Å²) in [4.78, 5) is 0. The van der Waals surface area contributed by atoms with Gasteiger partial charge in [-0.05, 0) is 61.1 Å². The Morgan fingerprint density at radius 2 is 1.85 bits per heavy atom. The summed E-state index contributed by atoms with van der Waals surface area (Å²) >= 11 is 0. The first-order chi connectivity index (χ1) is 12.0. The zero-order chi connectivity index (χ0) is 18.9. The third kappa shape index (κ3) is 2.71. The monoisotopic (exact) mass is 367 g/mol. The van der Waals surface area contributed by atoms with Crippen molar-refractivity contribution < 1.29 is 22.5 Å². The minimum absolute atomic E-state index is 0.0583. The van der Waals surface area contributed by atoms with Gasteiger partial charge in [0.05, 0.1) is 17.3 Å². The van der Waals surface area contributed by atoms with Crippen molar-refractivity contribution >= 4 is 7.12 Å². The number of nitrogens with two attached hydrogens (primary N) is 1. The van der Waals surface area contributed by atoms with Crippen LogP contribution in [0, 0.1) is 17.3 Å². The predicted molar refractivity (Wildman–Crippen MR) is 93.2 cm³/mol. The summed E-state index contributed by atoms with van der Waals surface area (Å²) in [5.74, 6) is 0.718. The summed E-state index contributed by atoms with van der Waals surface area (Å²) in [6.45, 7) is 6.72. The van der Waals surface area contributed by atoms with Crippen LogP contribution in [0.15, 0.2) is 24.3 Å². The van der Waals surface area contributed by atoms with E-state index in [1.54, 1.807) is 0 Å². The van der Waals surface area contributed by atoms with Gasteiger partial charge in [0.2, 0.25) is 0 Å². The molecule has 4 aliphatic rings. The number of alkyl halides is 3. The highest BCUT2D eigenvalue weighted by atomic mass is 19.4. The van der Waals surface area contributed by atoms with E-state index >= 15 is 0 Å². The van der Waals surface area contributed by atoms with Crippen molar-refractivity contribution in [3.05, 3.63) is 35.4 Å². The lowest BCUT2D eigenvalue weighted by Gasteiger charge is -2.64. The van der Waals surface area contributed by atoms with Gasteiger partial charge in [-0.3, -0.25) is 0 Å². The molecule has 1 aromatic carbocycles. The second-order valence-electron chi connectivity index (χ2n) is 8.90. The van der Waals surface area contributed by atoms with Gasteiger partial charge in [0.25, 0.3) is 0 Å². The van der Waals surface area contributed by atoms with Crippen LogP contribution in [-0.4, -0.2) is 24.8 Å². The van der Waals surface area contributed by atoms with E-state index in [2.05, 4.69) is 20.8 Å². The van der Waals surface area contributed by atoms with Crippen molar-refractivity contribution in [1.29, 1.82) is 0 Å². The van der Waals surface area contributed by atoms with Crippen LogP contribution < -0.4 is 5.73 Å². The average molecular weight is 367 g/mol. The van der Waals surface area contributed by atoms with E-state index in [-0.39, 0.29) is 17.1 Å². The fraction of sp³-hybridized carbons (Fsp3) is 0.684. The Morgan fingerprint density at radius 1 is 1.19 bits per heavy atom. The molecule has 0 aromatic heterocycles. The standard InChI is InChI=1S/C19H25BF3NO2/c1-17(2)13-9-14(17)18(3)15(10-13)25-20(26-18)16(24)8-11-4-6-12(7-5-11)19(21,22)23/h4-7,13-16H,8-10,24H2,1-3H3/t13?,14-,15+,16-,18-/m0/s1. The van der Waals surface area contributed by atoms with E-state index in [1.165, 1.54) is 18.6 Å². The molecule has 1 aliphatic heterocycles. The SMILES string of the molecule is CC1(C)C2C[C@H]3OB([C@@H](N)Cc4ccc(C(F)(F)F)cc4)O[C@@]3(C)[C@H]1C2. The second-order valence-corrected chi connectivity index (χ2v) is 8.90. The fourth-order valence-corrected chi connectivity index (χ4v) is 5.28. The van der Waals surface area contributed by atoms with Crippen LogP contribution in [0.3, 0.4) is 0 Å². The van der Waals surface area contributed by atoms with Crippen LogP contribution in [0.4, 0.5) is 13.2 Å². The Kier molecular flexibility index (Phi) is 4.03. The number of hydrogen-bond donors (Lipinski definition) is 1. The van der Waals surface area contributed by atoms with E-state index in [0.29, 0.717) is 18.3 Å². The topological polar surface area (TPSA) is 44.5 Å². The van der Waals surface area contributed by atoms with Crippen molar-refractivity contribution in [3.8, 4) is 0 Å². The molecule has 3 saturated carbocycles. The largest absolute Gasteiger partial charge is 0.475 e. The van der Waals surface area contributed by atoms with Gasteiger partial charge in [0.15, 0.2) is 0 Å². The molecule has 5 atom stereocenters. The Labute approximate surface area is 152 Å². The lowest BCUT2D eigenvalue weighted by molar-refractivity contribution is -0.199. The molecule has 1 saturated heterocycles. The maximum atomic E-state index is 12.7. The minimum atomic E-state index is -4.32. The third-order valence-electron chi connectivity index (χ3n) is 7.07. The van der Waals surface area contributed by atoms with Crippen molar-refractivity contribution in [3.63, 3.8) is 0 Å². The molecule has 0 amide bonds. The molecule has 0 radical (unpaired) electrons. The zero-order valence-corrected chi connectivity index (χ0v) is 15.3. The van der Waals surface area contributed by atoms with E-state index in [1.807, 2.05) is 0 Å². The van der Waals surface area contributed by atoms with Crippen LogP contribution >= 0.6 is 0 Å². The molecule has 2 bridgehead atoms. The Bertz CT molecular complexity index is 693. The van der Waals surface area contributed by atoms with Crippen molar-refractivity contribution in [2.75, 3.05) is 0 Å². The van der Waals surface area contributed by atoms with E-state index in [4.69, 9.17) is 15.0 Å². The van der Waals surface area contributed by atoms with Gasteiger partial charge < -0.3 is 15.0 Å². The van der Waals surface area contributed by atoms with Gasteiger partial charge >= 0.3 is 13.3 Å². The van der Waals surface area contributed by atoms with Crippen molar-refractivity contribution in [2.24, 2.45) is 23.0 Å². The molecule has 142 valence electrons. The highest BCUT2D eigenvalue weighted by Gasteiger charge is 2.68. The van der Waals surface area contributed by atoms with Gasteiger partial charge in [-0.15, -0.1) is 0 Å². The smallest absolute Gasteiger partial charge is 0.404 e. The zero-order valence-electron chi connectivity index (χ0n) is 15.3. The van der Waals surface area contributed by atoms with Crippen LogP contribution in [0.2, 0.25) is 0 Å². The summed E-state index contributed by atoms with van der Waals surface area (Å²) in [6, 6.07) is 5.15. The lowest BCUT2D eigenvalue weighted by Crippen LogP contribution is -2.65. The maximum absolute atomic E-state index is 12.7. The van der Waals surface area contributed by atoms with Gasteiger partial charge in [0, 0.05) is 5.94 Å². The molecule has 1 aromatic rings. The van der Waals surface area contributed by atoms with E-state index in [9.17, 15) is 13.2 Å². The molecule has 2 N–H and O–H groups in total. The van der Waals surface area contributed by atoms with Gasteiger partial charge in [-0.25, -0.2) is 0 Å². The van der Waals surface area contributed by atoms with Crippen LogP contribution in [0.25, 0.3) is 0 Å². The minimum Gasteiger partial charge on any atom is -0.404 e. The van der Waals surface area contributed by atoms with Crippen LogP contribution in [-0.2, 0) is 21.9 Å². The molecule has 5 rings (SSSR count). The normalized spacial score (nSPS) is 36.4. The number of hydrogen-bond acceptors (Lipinski definition) is 3. The Hall–Kier alpha value is -1.05. The molecule has 7 heteroatoms. The van der Waals surface area contributed by atoms with Gasteiger partial charge in [0.1, 0.15) is 0 Å². The average Bonchev–Trinajstić information content (AvgIpc) is 2.91. The first kappa shape index (κ1) is 18.3. The molecular formula is C19H25BF3NO2. The second kappa shape index (κ2) is 5.73. The van der Waals surface area contributed by atoms with E-state index in [0.717, 1.165) is 24.1 Å². The Balaban J connectivity index is 1.43. The van der Waals surface area contributed by atoms with Crippen LogP contribution in [0.5, 0.6) is 0 Å². The molecule has 3 nitrogen and oxygen atoms in total. The summed E-state index contributed by atoms with van der Waals surface area (Å²) in [5.41, 5.74) is 6.35. The number of rotatable bonds is 3. The summed E-state index contributed by atoms with van der Waals surface area (Å²) in [6.07, 6.45) is -1.68. The first-order valence-corrected chi connectivity index (χ1v) is 9.27. The summed E-state index contributed by atoms with van der Waals surface area (Å²) in [5, 5.41) is 0. The first-order valence-electron chi connectivity index (χ1n) is 9.27. The Morgan fingerprint density at radius 3 is 2.42 bits per heavy atom. The number of benzene rings is 1. The van der Waals surface area contributed by atoms with Gasteiger partial charge in [-0.2, -0.15) is 13.2 Å². The van der Waals surface area contributed by atoms with E-state index < -0.39 is 24.8 Å². The maximum Gasteiger partial charge on any atom is 0.475 e. The molecule has 0 spiro atoms. The highest BCUT2D eigenvalue weighted by molar-refractivity contribution is 6.47. The predicted octanol–water partition coefficient (Wildman–Crippen LogP) is 3.84.